The zero-order chi connectivity index (χ0) is 12.5. The number of hydrogen-bond donors (Lipinski definition) is 2. The van der Waals surface area contributed by atoms with Crippen molar-refractivity contribution in [2.45, 2.75) is 19.8 Å². The molecule has 0 saturated heterocycles. The number of nitrogens with zero attached hydrogens (tertiary/aromatic N) is 1. The largest absolute Gasteiger partial charge is 0.396 e. The van der Waals surface area contributed by atoms with E-state index in [0.29, 0.717) is 17.9 Å². The zero-order valence-corrected chi connectivity index (χ0v) is 11.9. The van der Waals surface area contributed by atoms with Gasteiger partial charge in [-0.1, -0.05) is 31.5 Å². The van der Waals surface area contributed by atoms with Gasteiger partial charge in [-0.05, 0) is 18.6 Å². The summed E-state index contributed by atoms with van der Waals surface area (Å²) in [6.45, 7) is 2.40. The van der Waals surface area contributed by atoms with Gasteiger partial charge in [-0.3, -0.25) is 4.98 Å². The third kappa shape index (κ3) is 5.15. The van der Waals surface area contributed by atoms with Crippen LogP contribution in [0.3, 0.4) is 0 Å². The Balaban J connectivity index is 0.000000421. The first-order valence-electron chi connectivity index (χ1n) is 5.59. The second kappa shape index (κ2) is 10.0. The average Bonchev–Trinajstić information content (AvgIpc) is 2.40. The average molecular weight is 283 g/mol. The van der Waals surface area contributed by atoms with Crippen molar-refractivity contribution in [1.82, 2.24) is 4.98 Å². The fourth-order valence-electron chi connectivity index (χ4n) is 1.31. The van der Waals surface area contributed by atoms with Crippen LogP contribution in [-0.2, 0) is 21.7 Å². The predicted octanol–water partition coefficient (Wildman–Crippen LogP) is 2.86. The number of aliphatic hydroxyl groups is 1. The summed E-state index contributed by atoms with van der Waals surface area (Å²) in [5.74, 6) is 0.383. The summed E-state index contributed by atoms with van der Waals surface area (Å²) in [5.41, 5.74) is 0.669. The van der Waals surface area contributed by atoms with Gasteiger partial charge in [-0.15, -0.1) is 0 Å². The number of hydrogen-bond acceptors (Lipinski definition) is 4. The molecule has 4 nitrogen and oxygen atoms in total. The molecule has 18 heavy (non-hydrogen) atoms. The quantitative estimate of drug-likeness (QED) is 0.516. The number of para-hydroxylation sites is 1. The maximum atomic E-state index is 8.50. The van der Waals surface area contributed by atoms with Crippen LogP contribution in [0.1, 0.15) is 19.8 Å². The summed E-state index contributed by atoms with van der Waals surface area (Å²) in [4.78, 5) is 8.23. The second-order valence-corrected chi connectivity index (χ2v) is 3.50. The number of rotatable bonds is 3. The minimum absolute atomic E-state index is 0. The predicted molar refractivity (Wildman–Crippen MR) is 67.0 cm³/mol. The molecular formula is C13H17NO3Ti. The molecule has 0 saturated carbocycles. The van der Waals surface area contributed by atoms with E-state index in [1.165, 1.54) is 0 Å². The molecule has 0 aliphatic carbocycles. The van der Waals surface area contributed by atoms with Gasteiger partial charge >= 0.3 is 0 Å². The van der Waals surface area contributed by atoms with Crippen LogP contribution < -0.4 is 4.89 Å². The first-order chi connectivity index (χ1) is 8.33. The van der Waals surface area contributed by atoms with E-state index >= 15 is 0 Å². The minimum atomic E-state index is 0. The molecule has 96 valence electrons. The van der Waals surface area contributed by atoms with E-state index < -0.39 is 0 Å². The Hall–Kier alpha value is -0.936. The van der Waals surface area contributed by atoms with Gasteiger partial charge in [0.25, 0.3) is 0 Å². The van der Waals surface area contributed by atoms with Crippen LogP contribution in [0, 0.1) is 0 Å². The van der Waals surface area contributed by atoms with Crippen molar-refractivity contribution < 1.29 is 37.0 Å². The summed E-state index contributed by atoms with van der Waals surface area (Å²) in [5, 5.41) is 17.5. The molecule has 0 fully saturated rings. The summed E-state index contributed by atoms with van der Waals surface area (Å²) < 4.78 is 0. The molecule has 0 radical (unpaired) electrons. The zero-order valence-electron chi connectivity index (χ0n) is 10.3. The van der Waals surface area contributed by atoms with Crippen LogP contribution in [0.2, 0.25) is 0 Å². The molecular weight excluding hydrogens is 266 g/mol. The SMILES string of the molecule is CCCCO.OOc1cccc2cccnc12.[Ti]. The number of pyridine rings is 1. The van der Waals surface area contributed by atoms with Gasteiger partial charge in [-0.25, -0.2) is 5.26 Å². The Morgan fingerprint density at radius 1 is 1.22 bits per heavy atom. The molecule has 1 aromatic heterocycles. The summed E-state index contributed by atoms with van der Waals surface area (Å²) in [6.07, 6.45) is 3.70. The van der Waals surface area contributed by atoms with E-state index in [4.69, 9.17) is 10.4 Å². The van der Waals surface area contributed by atoms with Crippen molar-refractivity contribution in [3.05, 3.63) is 36.5 Å². The van der Waals surface area contributed by atoms with Gasteiger partial charge in [0.05, 0.1) is 0 Å². The Morgan fingerprint density at radius 2 is 1.94 bits per heavy atom. The molecule has 0 aliphatic rings. The molecule has 2 aromatic rings. The Kier molecular flexibility index (Phi) is 9.51. The normalized spacial score (nSPS) is 9.06. The van der Waals surface area contributed by atoms with Gasteiger partial charge in [0.1, 0.15) is 5.52 Å². The van der Waals surface area contributed by atoms with Crippen LogP contribution in [-0.4, -0.2) is 22.0 Å². The maximum Gasteiger partial charge on any atom is 0.191 e. The van der Waals surface area contributed by atoms with Gasteiger partial charge in [0.2, 0.25) is 0 Å². The van der Waals surface area contributed by atoms with Gasteiger partial charge in [-0.2, -0.15) is 0 Å². The van der Waals surface area contributed by atoms with E-state index in [9.17, 15) is 0 Å². The molecule has 1 aromatic carbocycles. The number of fused-ring (bicyclic) bond motifs is 1. The molecule has 2 N–H and O–H groups in total. The first-order valence-corrected chi connectivity index (χ1v) is 5.59. The van der Waals surface area contributed by atoms with E-state index in [0.717, 1.165) is 18.2 Å². The van der Waals surface area contributed by atoms with Crippen LogP contribution in [0.15, 0.2) is 36.5 Å². The minimum Gasteiger partial charge on any atom is -0.396 e. The fraction of sp³-hybridized carbons (Fsp3) is 0.308. The summed E-state index contributed by atoms with van der Waals surface area (Å²) in [7, 11) is 0. The second-order valence-electron chi connectivity index (χ2n) is 3.50. The standard InChI is InChI=1S/C9H7NO2.C4H10O.Ti/c11-12-8-5-1-3-7-4-2-6-10-9(7)8;1-2-3-4-5;/h1-6,11H;5H,2-4H2,1H3;. The molecule has 0 aliphatic heterocycles. The molecule has 0 bridgehead atoms. The van der Waals surface area contributed by atoms with Gasteiger partial charge in [0, 0.05) is 39.9 Å². The Bertz CT molecular complexity index is 444. The third-order valence-electron chi connectivity index (χ3n) is 2.21. The number of aliphatic hydroxyl groups excluding tert-OH is 1. The number of benzene rings is 1. The monoisotopic (exact) mass is 283 g/mol. The van der Waals surface area contributed by atoms with E-state index in [2.05, 4.69) is 16.8 Å². The van der Waals surface area contributed by atoms with E-state index in [1.54, 1.807) is 18.3 Å². The molecule has 1 heterocycles. The summed E-state index contributed by atoms with van der Waals surface area (Å²) >= 11 is 0. The first kappa shape index (κ1) is 17.1. The molecule has 0 unspecified atom stereocenters. The van der Waals surface area contributed by atoms with E-state index in [1.807, 2.05) is 18.2 Å². The molecule has 0 amide bonds. The molecule has 0 spiro atoms. The number of unbranched alkanes of at least 4 members (excludes halogenated alkanes) is 1. The van der Waals surface area contributed by atoms with Crippen LogP contribution in [0.25, 0.3) is 10.9 Å². The third-order valence-corrected chi connectivity index (χ3v) is 2.21. The topological polar surface area (TPSA) is 62.6 Å². The summed E-state index contributed by atoms with van der Waals surface area (Å²) in [6, 6.07) is 9.12. The van der Waals surface area contributed by atoms with Crippen LogP contribution in [0.5, 0.6) is 5.75 Å². The molecule has 0 atom stereocenters. The van der Waals surface area contributed by atoms with Crippen molar-refractivity contribution in [2.75, 3.05) is 6.61 Å². The number of aromatic nitrogens is 1. The fourth-order valence-corrected chi connectivity index (χ4v) is 1.31. The Labute approximate surface area is 121 Å². The Morgan fingerprint density at radius 3 is 2.50 bits per heavy atom. The molecule has 5 heteroatoms. The van der Waals surface area contributed by atoms with Crippen LogP contribution >= 0.6 is 0 Å². The van der Waals surface area contributed by atoms with E-state index in [-0.39, 0.29) is 21.7 Å². The van der Waals surface area contributed by atoms with Crippen molar-refractivity contribution in [1.29, 1.82) is 0 Å². The maximum absolute atomic E-state index is 8.50. The smallest absolute Gasteiger partial charge is 0.191 e. The van der Waals surface area contributed by atoms with Crippen LogP contribution in [0.4, 0.5) is 0 Å². The van der Waals surface area contributed by atoms with Gasteiger partial charge < -0.3 is 9.99 Å². The van der Waals surface area contributed by atoms with Crippen molar-refractivity contribution in [3.8, 4) is 5.75 Å². The van der Waals surface area contributed by atoms with Gasteiger partial charge in [0.15, 0.2) is 5.75 Å². The van der Waals surface area contributed by atoms with Crippen molar-refractivity contribution in [3.63, 3.8) is 0 Å². The molecule has 2 rings (SSSR count). The van der Waals surface area contributed by atoms with Crippen molar-refractivity contribution in [2.24, 2.45) is 0 Å². The van der Waals surface area contributed by atoms with Crippen molar-refractivity contribution >= 4 is 10.9 Å².